The van der Waals surface area contributed by atoms with Gasteiger partial charge in [0.1, 0.15) is 5.82 Å². The smallest absolute Gasteiger partial charge is 0.291 e. The lowest BCUT2D eigenvalue weighted by Gasteiger charge is -2.41. The zero-order valence-corrected chi connectivity index (χ0v) is 13.1. The van der Waals surface area contributed by atoms with Gasteiger partial charge >= 0.3 is 0 Å². The molecule has 7 heteroatoms. The maximum absolute atomic E-state index is 12.2. The third-order valence-corrected chi connectivity index (χ3v) is 4.05. The van der Waals surface area contributed by atoms with Gasteiger partial charge in [-0.05, 0) is 25.0 Å². The van der Waals surface area contributed by atoms with E-state index in [0.29, 0.717) is 13.0 Å². The molecule has 23 heavy (non-hydrogen) atoms. The molecule has 0 saturated carbocycles. The number of hydrogen-bond acceptors (Lipinski definition) is 6. The van der Waals surface area contributed by atoms with Crippen molar-refractivity contribution in [3.8, 4) is 0 Å². The van der Waals surface area contributed by atoms with E-state index in [-0.39, 0.29) is 18.2 Å². The van der Waals surface area contributed by atoms with Crippen LogP contribution in [0.15, 0.2) is 41.4 Å². The van der Waals surface area contributed by atoms with Gasteiger partial charge in [0, 0.05) is 26.3 Å². The quantitative estimate of drug-likeness (QED) is 0.912. The highest BCUT2D eigenvalue weighted by Crippen LogP contribution is 2.25. The van der Waals surface area contributed by atoms with Crippen molar-refractivity contribution in [1.82, 2.24) is 14.9 Å². The Balaban J connectivity index is 1.67. The largest absolute Gasteiger partial charge is 0.438 e. The summed E-state index contributed by atoms with van der Waals surface area (Å²) in [5, 5.41) is 10.9. The van der Waals surface area contributed by atoms with E-state index in [0.717, 1.165) is 18.8 Å². The minimum absolute atomic E-state index is 0.175. The molecular weight excluding hydrogens is 296 g/mol. The number of nitrogens with zero attached hydrogens (tertiary/aromatic N) is 4. The molecule has 0 unspecified atom stereocenters. The first-order chi connectivity index (χ1) is 11.1. The number of rotatable bonds is 4. The molecule has 1 atom stereocenters. The van der Waals surface area contributed by atoms with E-state index < -0.39 is 5.60 Å². The van der Waals surface area contributed by atoms with Crippen molar-refractivity contribution in [3.05, 3.63) is 42.7 Å². The Kier molecular flexibility index (Phi) is 4.29. The molecule has 1 saturated heterocycles. The van der Waals surface area contributed by atoms with Gasteiger partial charge in [0.2, 0.25) is 5.76 Å². The van der Waals surface area contributed by atoms with E-state index in [2.05, 4.69) is 14.9 Å². The average molecular weight is 316 g/mol. The molecule has 3 heterocycles. The predicted molar refractivity (Wildman–Crippen MR) is 84.1 cm³/mol. The second kappa shape index (κ2) is 6.37. The van der Waals surface area contributed by atoms with Crippen LogP contribution < -0.4 is 4.90 Å². The number of likely N-dealkylation sites (N-methyl/N-ethyl adjacent to an activating group) is 1. The molecule has 1 aliphatic rings. The van der Waals surface area contributed by atoms with Crippen molar-refractivity contribution >= 4 is 11.7 Å². The first kappa shape index (κ1) is 15.5. The molecule has 2 aromatic rings. The first-order valence-corrected chi connectivity index (χ1v) is 7.60. The number of amides is 1. The SMILES string of the molecule is CN(C[C@@]1(O)CCCN(c2ccccn2)C1)C(=O)c1cnco1. The molecule has 0 radical (unpaired) electrons. The monoisotopic (exact) mass is 316 g/mol. The second-order valence-electron chi connectivity index (χ2n) is 5.96. The lowest BCUT2D eigenvalue weighted by atomic mass is 9.92. The molecular formula is C16H20N4O3. The summed E-state index contributed by atoms with van der Waals surface area (Å²) >= 11 is 0. The summed E-state index contributed by atoms with van der Waals surface area (Å²) in [5.41, 5.74) is -0.972. The van der Waals surface area contributed by atoms with Crippen LogP contribution in [0, 0.1) is 0 Å². The number of carbonyl (C=O) groups excluding carboxylic acids is 1. The molecule has 0 aromatic carbocycles. The molecule has 1 aliphatic heterocycles. The first-order valence-electron chi connectivity index (χ1n) is 7.60. The number of anilines is 1. The van der Waals surface area contributed by atoms with Gasteiger partial charge in [0.25, 0.3) is 5.91 Å². The Hall–Kier alpha value is -2.41. The van der Waals surface area contributed by atoms with Crippen molar-refractivity contribution in [2.45, 2.75) is 18.4 Å². The van der Waals surface area contributed by atoms with E-state index in [1.54, 1.807) is 13.2 Å². The van der Waals surface area contributed by atoms with Gasteiger partial charge in [-0.2, -0.15) is 0 Å². The van der Waals surface area contributed by atoms with Crippen molar-refractivity contribution in [3.63, 3.8) is 0 Å². The summed E-state index contributed by atoms with van der Waals surface area (Å²) < 4.78 is 5.02. The maximum Gasteiger partial charge on any atom is 0.291 e. The third-order valence-electron chi connectivity index (χ3n) is 4.05. The predicted octanol–water partition coefficient (Wildman–Crippen LogP) is 1.17. The Morgan fingerprint density at radius 3 is 3.09 bits per heavy atom. The van der Waals surface area contributed by atoms with Gasteiger partial charge in [0.15, 0.2) is 6.39 Å². The fraction of sp³-hybridized carbons (Fsp3) is 0.438. The van der Waals surface area contributed by atoms with E-state index in [9.17, 15) is 9.90 Å². The number of oxazole rings is 1. The molecule has 0 aliphatic carbocycles. The molecule has 1 N–H and O–H groups in total. The normalized spacial score (nSPS) is 21.2. The highest BCUT2D eigenvalue weighted by molar-refractivity contribution is 5.90. The van der Waals surface area contributed by atoms with E-state index >= 15 is 0 Å². The standard InChI is InChI=1S/C16H20N4O3/c1-19(15(21)13-9-17-12-23-13)10-16(22)6-4-8-20(11-16)14-5-2-3-7-18-14/h2-3,5,7,9,12,22H,4,6,8,10-11H2,1H3/t16-/m0/s1. The van der Waals surface area contributed by atoms with Crippen LogP contribution in [0.1, 0.15) is 23.4 Å². The molecule has 0 spiro atoms. The van der Waals surface area contributed by atoms with Gasteiger partial charge in [-0.15, -0.1) is 0 Å². The molecule has 2 aromatic heterocycles. The molecule has 0 bridgehead atoms. The number of aromatic nitrogens is 2. The average Bonchev–Trinajstić information content (AvgIpc) is 3.09. The van der Waals surface area contributed by atoms with Crippen LogP contribution in [-0.2, 0) is 0 Å². The number of carbonyl (C=O) groups is 1. The molecule has 122 valence electrons. The second-order valence-corrected chi connectivity index (χ2v) is 5.96. The van der Waals surface area contributed by atoms with E-state index in [1.807, 2.05) is 18.2 Å². The fourth-order valence-electron chi connectivity index (χ4n) is 3.00. The van der Waals surface area contributed by atoms with Gasteiger partial charge in [-0.25, -0.2) is 9.97 Å². The Labute approximate surface area is 134 Å². The minimum Gasteiger partial charge on any atom is -0.438 e. The number of aliphatic hydroxyl groups is 1. The number of hydrogen-bond donors (Lipinski definition) is 1. The van der Waals surface area contributed by atoms with Crippen molar-refractivity contribution in [2.75, 3.05) is 31.6 Å². The number of β-amino-alcohol motifs (C(OH)–C–C–N with tert-alkyl or cyclic N) is 1. The van der Waals surface area contributed by atoms with Crippen LogP contribution in [0.5, 0.6) is 0 Å². The summed E-state index contributed by atoms with van der Waals surface area (Å²) in [5.74, 6) is 0.731. The molecule has 1 amide bonds. The van der Waals surface area contributed by atoms with Crippen LogP contribution >= 0.6 is 0 Å². The van der Waals surface area contributed by atoms with Crippen molar-refractivity contribution < 1.29 is 14.3 Å². The van der Waals surface area contributed by atoms with Crippen LogP contribution in [0.3, 0.4) is 0 Å². The minimum atomic E-state index is -0.972. The van der Waals surface area contributed by atoms with Crippen LogP contribution in [0.25, 0.3) is 0 Å². The van der Waals surface area contributed by atoms with Gasteiger partial charge < -0.3 is 19.3 Å². The Morgan fingerprint density at radius 2 is 2.39 bits per heavy atom. The van der Waals surface area contributed by atoms with Crippen molar-refractivity contribution in [2.24, 2.45) is 0 Å². The highest BCUT2D eigenvalue weighted by Gasteiger charge is 2.36. The number of piperidine rings is 1. The zero-order valence-electron chi connectivity index (χ0n) is 13.1. The van der Waals surface area contributed by atoms with Crippen LogP contribution in [0.4, 0.5) is 5.82 Å². The van der Waals surface area contributed by atoms with E-state index in [4.69, 9.17) is 4.42 Å². The summed E-state index contributed by atoms with van der Waals surface area (Å²) in [6.07, 6.45) is 5.83. The van der Waals surface area contributed by atoms with Gasteiger partial charge in [0.05, 0.1) is 18.3 Å². The van der Waals surface area contributed by atoms with Gasteiger partial charge in [-0.1, -0.05) is 6.07 Å². The topological polar surface area (TPSA) is 82.7 Å². The summed E-state index contributed by atoms with van der Waals surface area (Å²) in [6.45, 7) is 1.52. The maximum atomic E-state index is 12.2. The van der Waals surface area contributed by atoms with Gasteiger partial charge in [-0.3, -0.25) is 4.79 Å². The van der Waals surface area contributed by atoms with Crippen LogP contribution in [-0.4, -0.2) is 58.2 Å². The summed E-state index contributed by atoms with van der Waals surface area (Å²) in [6, 6.07) is 5.72. The Morgan fingerprint density at radius 1 is 1.52 bits per heavy atom. The highest BCUT2D eigenvalue weighted by atomic mass is 16.3. The number of pyridine rings is 1. The molecule has 7 nitrogen and oxygen atoms in total. The van der Waals surface area contributed by atoms with E-state index in [1.165, 1.54) is 17.5 Å². The lowest BCUT2D eigenvalue weighted by molar-refractivity contribution is -0.000865. The summed E-state index contributed by atoms with van der Waals surface area (Å²) in [7, 11) is 1.66. The fourth-order valence-corrected chi connectivity index (χ4v) is 3.00. The van der Waals surface area contributed by atoms with Crippen LogP contribution in [0.2, 0.25) is 0 Å². The molecule has 1 fully saturated rings. The third kappa shape index (κ3) is 3.50. The Bertz CT molecular complexity index is 647. The van der Waals surface area contributed by atoms with Crippen molar-refractivity contribution in [1.29, 1.82) is 0 Å². The summed E-state index contributed by atoms with van der Waals surface area (Å²) in [4.78, 5) is 23.8. The zero-order chi connectivity index (χ0) is 16.3. The lowest BCUT2D eigenvalue weighted by Crippen LogP contribution is -2.54. The molecule has 3 rings (SSSR count).